The standard InChI is InChI=1S/C23H17F3N2O2/c1-13-5-10-19-16(11-13)22(14-6-8-15(24)9-7-14)28(12-20(29)27-19)23(30)21-17(25)3-2-4-18(21)26/h2-11,22H,12H2,1H3,(H,27,29)/t22-/m1/s1. The summed E-state index contributed by atoms with van der Waals surface area (Å²) in [7, 11) is 0. The van der Waals surface area contributed by atoms with E-state index >= 15 is 0 Å². The maximum atomic E-state index is 14.4. The first-order valence-corrected chi connectivity index (χ1v) is 9.26. The molecule has 1 N–H and O–H groups in total. The van der Waals surface area contributed by atoms with Crippen LogP contribution in [0.1, 0.15) is 33.1 Å². The van der Waals surface area contributed by atoms with Crippen LogP contribution in [0.3, 0.4) is 0 Å². The highest BCUT2D eigenvalue weighted by atomic mass is 19.1. The Balaban J connectivity index is 1.93. The van der Waals surface area contributed by atoms with Crippen LogP contribution < -0.4 is 5.32 Å². The van der Waals surface area contributed by atoms with Crippen molar-refractivity contribution in [2.24, 2.45) is 0 Å². The summed E-state index contributed by atoms with van der Waals surface area (Å²) in [5.41, 5.74) is 1.67. The quantitative estimate of drug-likeness (QED) is 0.672. The minimum atomic E-state index is -1.02. The topological polar surface area (TPSA) is 49.4 Å². The van der Waals surface area contributed by atoms with Gasteiger partial charge >= 0.3 is 0 Å². The summed E-state index contributed by atoms with van der Waals surface area (Å²) in [6, 6.07) is 13.0. The molecule has 1 aliphatic rings. The Kier molecular flexibility index (Phi) is 5.03. The van der Waals surface area contributed by atoms with E-state index in [0.29, 0.717) is 16.8 Å². The van der Waals surface area contributed by atoms with E-state index in [0.717, 1.165) is 28.7 Å². The minimum absolute atomic E-state index is 0.428. The number of hydrogen-bond acceptors (Lipinski definition) is 2. The van der Waals surface area contributed by atoms with Crippen LogP contribution in [0.4, 0.5) is 18.9 Å². The second-order valence-electron chi connectivity index (χ2n) is 7.12. The van der Waals surface area contributed by atoms with Crippen LogP contribution in [0.15, 0.2) is 60.7 Å². The monoisotopic (exact) mass is 410 g/mol. The number of anilines is 1. The van der Waals surface area contributed by atoms with Crippen molar-refractivity contribution < 1.29 is 22.8 Å². The van der Waals surface area contributed by atoms with E-state index in [-0.39, 0.29) is 0 Å². The molecule has 3 aromatic carbocycles. The predicted octanol–water partition coefficient (Wildman–Crippen LogP) is 4.60. The van der Waals surface area contributed by atoms with Crippen molar-refractivity contribution in [1.29, 1.82) is 0 Å². The molecule has 1 aliphatic heterocycles. The molecule has 7 heteroatoms. The molecule has 1 heterocycles. The van der Waals surface area contributed by atoms with Crippen molar-refractivity contribution in [3.05, 3.63) is 100 Å². The van der Waals surface area contributed by atoms with Crippen molar-refractivity contribution in [3.8, 4) is 0 Å². The highest BCUT2D eigenvalue weighted by Crippen LogP contribution is 2.37. The van der Waals surface area contributed by atoms with Gasteiger partial charge in [0, 0.05) is 11.3 Å². The maximum Gasteiger partial charge on any atom is 0.261 e. The number of amides is 2. The van der Waals surface area contributed by atoms with Gasteiger partial charge in [-0.05, 0) is 42.8 Å². The van der Waals surface area contributed by atoms with Crippen LogP contribution in [0, 0.1) is 24.4 Å². The fourth-order valence-electron chi connectivity index (χ4n) is 3.67. The maximum absolute atomic E-state index is 14.4. The van der Waals surface area contributed by atoms with Gasteiger partial charge in [-0.1, -0.05) is 35.9 Å². The highest BCUT2D eigenvalue weighted by molar-refractivity contribution is 6.01. The minimum Gasteiger partial charge on any atom is -0.324 e. The zero-order valence-electron chi connectivity index (χ0n) is 16.0. The number of nitrogens with zero attached hydrogens (tertiary/aromatic N) is 1. The number of carbonyl (C=O) groups excluding carboxylic acids is 2. The number of rotatable bonds is 2. The second-order valence-corrected chi connectivity index (χ2v) is 7.12. The summed E-state index contributed by atoms with van der Waals surface area (Å²) in [5, 5.41) is 2.73. The van der Waals surface area contributed by atoms with Crippen molar-refractivity contribution in [2.75, 3.05) is 11.9 Å². The predicted molar refractivity (Wildman–Crippen MR) is 105 cm³/mol. The summed E-state index contributed by atoms with van der Waals surface area (Å²) in [6.45, 7) is 1.42. The van der Waals surface area contributed by atoms with Crippen LogP contribution in [0.5, 0.6) is 0 Å². The van der Waals surface area contributed by atoms with Crippen LogP contribution in [-0.2, 0) is 4.79 Å². The van der Waals surface area contributed by atoms with E-state index in [2.05, 4.69) is 5.32 Å². The van der Waals surface area contributed by atoms with Gasteiger partial charge in [0.1, 0.15) is 29.6 Å². The highest BCUT2D eigenvalue weighted by Gasteiger charge is 2.36. The summed E-state index contributed by atoms with van der Waals surface area (Å²) < 4.78 is 42.3. The van der Waals surface area contributed by atoms with Crippen molar-refractivity contribution >= 4 is 17.5 Å². The lowest BCUT2D eigenvalue weighted by Crippen LogP contribution is -2.39. The van der Waals surface area contributed by atoms with Crippen molar-refractivity contribution in [3.63, 3.8) is 0 Å². The van der Waals surface area contributed by atoms with E-state index in [9.17, 15) is 22.8 Å². The molecule has 3 aromatic rings. The lowest BCUT2D eigenvalue weighted by atomic mass is 9.94. The first kappa shape index (κ1) is 19.7. The smallest absolute Gasteiger partial charge is 0.261 e. The average Bonchev–Trinajstić information content (AvgIpc) is 2.84. The molecule has 0 saturated heterocycles. The number of carbonyl (C=O) groups is 2. The largest absolute Gasteiger partial charge is 0.324 e. The van der Waals surface area contributed by atoms with E-state index in [1.54, 1.807) is 18.2 Å². The van der Waals surface area contributed by atoms with Gasteiger partial charge in [0.05, 0.1) is 6.04 Å². The lowest BCUT2D eigenvalue weighted by Gasteiger charge is -2.31. The van der Waals surface area contributed by atoms with Gasteiger partial charge in [-0.25, -0.2) is 13.2 Å². The Labute approximate surface area is 170 Å². The normalized spacial score (nSPS) is 15.9. The molecule has 2 amide bonds. The third-order valence-electron chi connectivity index (χ3n) is 5.02. The Hall–Kier alpha value is -3.61. The first-order chi connectivity index (χ1) is 14.3. The summed E-state index contributed by atoms with van der Waals surface area (Å²) >= 11 is 0. The molecular weight excluding hydrogens is 393 g/mol. The molecule has 4 rings (SSSR count). The molecule has 1 atom stereocenters. The molecule has 0 saturated carbocycles. The Morgan fingerprint density at radius 2 is 1.67 bits per heavy atom. The molecule has 0 radical (unpaired) electrons. The third kappa shape index (κ3) is 3.54. The molecular formula is C23H17F3N2O2. The lowest BCUT2D eigenvalue weighted by molar-refractivity contribution is -0.117. The molecule has 152 valence electrons. The fraction of sp³-hybridized carbons (Fsp3) is 0.130. The van der Waals surface area contributed by atoms with Gasteiger partial charge in [0.15, 0.2) is 0 Å². The van der Waals surface area contributed by atoms with Crippen LogP contribution in [0.2, 0.25) is 0 Å². The third-order valence-corrected chi connectivity index (χ3v) is 5.02. The molecule has 0 spiro atoms. The number of nitrogens with one attached hydrogen (secondary N) is 1. The van der Waals surface area contributed by atoms with Crippen LogP contribution in [-0.4, -0.2) is 23.3 Å². The van der Waals surface area contributed by atoms with Crippen molar-refractivity contribution in [1.82, 2.24) is 4.90 Å². The van der Waals surface area contributed by atoms with E-state index in [4.69, 9.17) is 0 Å². The number of benzene rings is 3. The van der Waals surface area contributed by atoms with Crippen LogP contribution >= 0.6 is 0 Å². The van der Waals surface area contributed by atoms with Gasteiger partial charge in [0.25, 0.3) is 5.91 Å². The van der Waals surface area contributed by atoms with E-state index < -0.39 is 47.4 Å². The number of hydrogen-bond donors (Lipinski definition) is 1. The molecule has 30 heavy (non-hydrogen) atoms. The first-order valence-electron chi connectivity index (χ1n) is 9.26. The van der Waals surface area contributed by atoms with Gasteiger partial charge in [-0.15, -0.1) is 0 Å². The molecule has 4 nitrogen and oxygen atoms in total. The van der Waals surface area contributed by atoms with Crippen LogP contribution in [0.25, 0.3) is 0 Å². The Bertz CT molecular complexity index is 1130. The zero-order valence-corrected chi connectivity index (χ0v) is 16.0. The van der Waals surface area contributed by atoms with Gasteiger partial charge in [-0.2, -0.15) is 0 Å². The number of halogens is 3. The summed E-state index contributed by atoms with van der Waals surface area (Å²) in [5.74, 6) is -3.98. The van der Waals surface area contributed by atoms with Gasteiger partial charge in [0.2, 0.25) is 5.91 Å². The van der Waals surface area contributed by atoms with Gasteiger partial charge in [-0.3, -0.25) is 9.59 Å². The SMILES string of the molecule is Cc1ccc2c(c1)[C@@H](c1ccc(F)cc1)N(C(=O)c1c(F)cccc1F)CC(=O)N2. The molecule has 0 bridgehead atoms. The van der Waals surface area contributed by atoms with Gasteiger partial charge < -0.3 is 10.2 Å². The summed E-state index contributed by atoms with van der Waals surface area (Å²) in [4.78, 5) is 26.9. The second kappa shape index (κ2) is 7.67. The van der Waals surface area contributed by atoms with E-state index in [1.807, 2.05) is 6.92 Å². The molecule has 0 unspecified atom stereocenters. The van der Waals surface area contributed by atoms with E-state index in [1.165, 1.54) is 24.3 Å². The van der Waals surface area contributed by atoms with Crippen molar-refractivity contribution in [2.45, 2.75) is 13.0 Å². The molecule has 0 aliphatic carbocycles. The average molecular weight is 410 g/mol. The zero-order chi connectivity index (χ0) is 21.4. The Morgan fingerprint density at radius 3 is 2.33 bits per heavy atom. The number of aryl methyl sites for hydroxylation is 1. The Morgan fingerprint density at radius 1 is 1.00 bits per heavy atom. The molecule has 0 aromatic heterocycles. The fourth-order valence-corrected chi connectivity index (χ4v) is 3.67. The summed E-state index contributed by atoms with van der Waals surface area (Å²) in [6.07, 6.45) is 0. The number of fused-ring (bicyclic) bond motifs is 1. The molecule has 0 fully saturated rings.